The van der Waals surface area contributed by atoms with Gasteiger partial charge in [-0.3, -0.25) is 9.36 Å². The molecule has 0 amide bonds. The Balaban J connectivity index is 1.66. The maximum absolute atomic E-state index is 13.7. The zero-order valence-corrected chi connectivity index (χ0v) is 21.8. The quantitative estimate of drug-likeness (QED) is 0.471. The first-order chi connectivity index (χ1) is 17.4. The smallest absolute Gasteiger partial charge is 0.338 e. The van der Waals surface area contributed by atoms with Gasteiger partial charge in [0.05, 0.1) is 30.0 Å². The number of allylic oxidation sites excluding steroid dienone is 1. The summed E-state index contributed by atoms with van der Waals surface area (Å²) in [6.07, 6.45) is 5.24. The number of nitrogens with zero attached hydrogens (tertiary/aromatic N) is 3. The summed E-state index contributed by atoms with van der Waals surface area (Å²) < 4.78 is 18.6. The number of carbonyl (C=O) groups excluding carboxylic acids is 1. The van der Waals surface area contributed by atoms with Crippen LogP contribution in [-0.4, -0.2) is 37.8 Å². The number of carbonyl (C=O) groups is 1. The predicted octanol–water partition coefficient (Wildman–Crippen LogP) is 3.65. The summed E-state index contributed by atoms with van der Waals surface area (Å²) in [5.41, 5.74) is 0.989. The molecule has 10 heteroatoms. The maximum Gasteiger partial charge on any atom is 0.338 e. The van der Waals surface area contributed by atoms with Crippen molar-refractivity contribution in [3.63, 3.8) is 0 Å². The van der Waals surface area contributed by atoms with E-state index in [0.29, 0.717) is 37.1 Å². The van der Waals surface area contributed by atoms with Crippen LogP contribution >= 0.6 is 22.9 Å². The molecular formula is C26H26ClN3O5S. The molecule has 2 aliphatic heterocycles. The molecule has 0 aliphatic carbocycles. The van der Waals surface area contributed by atoms with Crippen molar-refractivity contribution in [3.05, 3.63) is 77.6 Å². The molecule has 2 aromatic heterocycles. The van der Waals surface area contributed by atoms with E-state index in [1.165, 1.54) is 36.5 Å². The number of hydrogen-bond donors (Lipinski definition) is 0. The lowest BCUT2D eigenvalue weighted by Crippen LogP contribution is -2.40. The molecular weight excluding hydrogens is 502 g/mol. The van der Waals surface area contributed by atoms with Gasteiger partial charge in [0, 0.05) is 35.8 Å². The highest BCUT2D eigenvalue weighted by molar-refractivity contribution is 7.07. The second-order valence-corrected chi connectivity index (χ2v) is 10.1. The number of halogens is 1. The molecule has 3 aromatic rings. The number of furan rings is 1. The average Bonchev–Trinajstić information content (AvgIpc) is 3.48. The van der Waals surface area contributed by atoms with Crippen molar-refractivity contribution < 1.29 is 18.7 Å². The van der Waals surface area contributed by atoms with Gasteiger partial charge in [-0.1, -0.05) is 22.9 Å². The van der Waals surface area contributed by atoms with Crippen molar-refractivity contribution in [2.75, 3.05) is 32.2 Å². The first-order valence-corrected chi connectivity index (χ1v) is 12.9. The second kappa shape index (κ2) is 9.99. The molecule has 1 fully saturated rings. The van der Waals surface area contributed by atoms with Crippen LogP contribution in [0.4, 0.5) is 5.88 Å². The number of hydrogen-bond acceptors (Lipinski definition) is 8. The first kappa shape index (κ1) is 24.4. The lowest BCUT2D eigenvalue weighted by Gasteiger charge is -2.25. The van der Waals surface area contributed by atoms with Crippen molar-refractivity contribution in [2.45, 2.75) is 32.2 Å². The molecule has 0 saturated carbocycles. The van der Waals surface area contributed by atoms with Gasteiger partial charge in [-0.2, -0.15) is 0 Å². The van der Waals surface area contributed by atoms with E-state index in [0.717, 1.165) is 31.8 Å². The Bertz CT molecular complexity index is 1530. The van der Waals surface area contributed by atoms with E-state index in [9.17, 15) is 9.59 Å². The van der Waals surface area contributed by atoms with E-state index in [4.69, 9.17) is 25.5 Å². The second-order valence-electron chi connectivity index (χ2n) is 8.68. The van der Waals surface area contributed by atoms with Crippen LogP contribution in [-0.2, 0) is 9.53 Å². The van der Waals surface area contributed by atoms with E-state index in [1.807, 2.05) is 12.1 Å². The van der Waals surface area contributed by atoms with Crippen molar-refractivity contribution in [1.29, 1.82) is 0 Å². The number of benzene rings is 1. The lowest BCUT2D eigenvalue weighted by atomic mass is 9.95. The van der Waals surface area contributed by atoms with Gasteiger partial charge in [0.1, 0.15) is 17.6 Å². The fourth-order valence-corrected chi connectivity index (χ4v) is 5.95. The zero-order valence-electron chi connectivity index (χ0n) is 20.2. The van der Waals surface area contributed by atoms with Gasteiger partial charge >= 0.3 is 5.97 Å². The highest BCUT2D eigenvalue weighted by Crippen LogP contribution is 2.37. The van der Waals surface area contributed by atoms with Crippen LogP contribution in [0.1, 0.15) is 43.6 Å². The summed E-state index contributed by atoms with van der Waals surface area (Å²) in [7, 11) is 2.83. The van der Waals surface area contributed by atoms with Gasteiger partial charge in [-0.05, 0) is 50.5 Å². The number of ether oxygens (including phenoxy) is 2. The minimum atomic E-state index is -0.815. The Morgan fingerprint density at radius 2 is 1.97 bits per heavy atom. The van der Waals surface area contributed by atoms with E-state index < -0.39 is 12.0 Å². The third kappa shape index (κ3) is 4.37. The van der Waals surface area contributed by atoms with Gasteiger partial charge in [-0.25, -0.2) is 9.79 Å². The minimum Gasteiger partial charge on any atom is -0.496 e. The van der Waals surface area contributed by atoms with Crippen LogP contribution in [0.5, 0.6) is 5.75 Å². The van der Waals surface area contributed by atoms with Gasteiger partial charge in [0.2, 0.25) is 0 Å². The highest BCUT2D eigenvalue weighted by Gasteiger charge is 2.35. The fourth-order valence-electron chi connectivity index (χ4n) is 4.74. The minimum absolute atomic E-state index is 0.252. The molecule has 1 saturated heterocycles. The van der Waals surface area contributed by atoms with Crippen LogP contribution in [0.25, 0.3) is 6.08 Å². The Hall–Kier alpha value is -3.30. The van der Waals surface area contributed by atoms with Crippen LogP contribution in [0.2, 0.25) is 5.02 Å². The van der Waals surface area contributed by atoms with Crippen LogP contribution < -0.4 is 24.5 Å². The van der Waals surface area contributed by atoms with Gasteiger partial charge < -0.3 is 18.8 Å². The molecule has 4 heterocycles. The summed E-state index contributed by atoms with van der Waals surface area (Å²) >= 11 is 7.56. The summed E-state index contributed by atoms with van der Waals surface area (Å²) in [6, 6.07) is 8.09. The Morgan fingerprint density at radius 1 is 1.19 bits per heavy atom. The topological polar surface area (TPSA) is 86.3 Å². The molecule has 5 rings (SSSR count). The van der Waals surface area contributed by atoms with Crippen molar-refractivity contribution in [2.24, 2.45) is 4.99 Å². The normalized spacial score (nSPS) is 18.2. The molecule has 1 aromatic carbocycles. The fraction of sp³-hybridized carbons (Fsp3) is 0.346. The molecule has 0 unspecified atom stereocenters. The molecule has 0 N–H and O–H groups in total. The molecule has 0 bridgehead atoms. The molecule has 2 aliphatic rings. The summed E-state index contributed by atoms with van der Waals surface area (Å²) in [5.74, 6) is 1.31. The van der Waals surface area contributed by atoms with Gasteiger partial charge in [0.15, 0.2) is 10.7 Å². The standard InChI is InChI=1S/C26H26ClN3O5S/c1-15-22(25(32)34-3)23(18-13-16(27)7-9-19(18)33-2)30-24(31)20(36-26(30)28-15)14-17-8-10-21(35-17)29-11-5-4-6-12-29/h7-10,13-14,23H,4-6,11-12H2,1-3H3/b20-14-/t23-/m1/s1. The van der Waals surface area contributed by atoms with Crippen LogP contribution in [0.3, 0.4) is 0 Å². The lowest BCUT2D eigenvalue weighted by molar-refractivity contribution is -0.136. The van der Waals surface area contributed by atoms with Crippen molar-refractivity contribution in [1.82, 2.24) is 4.57 Å². The van der Waals surface area contributed by atoms with E-state index in [-0.39, 0.29) is 11.1 Å². The Morgan fingerprint density at radius 3 is 2.69 bits per heavy atom. The first-order valence-electron chi connectivity index (χ1n) is 11.7. The van der Waals surface area contributed by atoms with Crippen molar-refractivity contribution in [3.8, 4) is 5.75 Å². The van der Waals surface area contributed by atoms with Crippen molar-refractivity contribution >= 4 is 40.9 Å². The van der Waals surface area contributed by atoms with Crippen LogP contribution in [0.15, 0.2) is 55.8 Å². The average molecular weight is 528 g/mol. The Kier molecular flexibility index (Phi) is 6.77. The number of esters is 1. The highest BCUT2D eigenvalue weighted by atomic mass is 35.5. The van der Waals surface area contributed by atoms with E-state index in [2.05, 4.69) is 9.89 Å². The van der Waals surface area contributed by atoms with E-state index in [1.54, 1.807) is 31.2 Å². The van der Waals surface area contributed by atoms with Crippen LogP contribution in [0, 0.1) is 0 Å². The van der Waals surface area contributed by atoms with Gasteiger partial charge in [-0.15, -0.1) is 0 Å². The molecule has 8 nitrogen and oxygen atoms in total. The molecule has 1 atom stereocenters. The molecule has 0 radical (unpaired) electrons. The number of piperidine rings is 1. The molecule has 188 valence electrons. The number of methoxy groups -OCH3 is 2. The largest absolute Gasteiger partial charge is 0.496 e. The maximum atomic E-state index is 13.7. The zero-order chi connectivity index (χ0) is 25.4. The summed E-state index contributed by atoms with van der Waals surface area (Å²) in [5, 5.41) is 0.452. The number of thiazole rings is 1. The number of fused-ring (bicyclic) bond motifs is 1. The molecule has 36 heavy (non-hydrogen) atoms. The van der Waals surface area contributed by atoms with Gasteiger partial charge in [0.25, 0.3) is 5.56 Å². The summed E-state index contributed by atoms with van der Waals surface area (Å²) in [6.45, 7) is 3.66. The third-order valence-corrected chi connectivity index (χ3v) is 7.69. The number of rotatable bonds is 5. The molecule has 0 spiro atoms. The number of aromatic nitrogens is 1. The Labute approximate surface area is 216 Å². The SMILES string of the molecule is COC(=O)C1=C(C)N=c2s/c(=C\c3ccc(N4CCCCC4)o3)c(=O)n2[C@@H]1c1cc(Cl)ccc1OC. The van der Waals surface area contributed by atoms with E-state index >= 15 is 0 Å². The predicted molar refractivity (Wildman–Crippen MR) is 139 cm³/mol. The third-order valence-electron chi connectivity index (χ3n) is 6.47. The number of anilines is 1. The summed E-state index contributed by atoms with van der Waals surface area (Å²) in [4.78, 5) is 33.9. The monoisotopic (exact) mass is 527 g/mol.